The van der Waals surface area contributed by atoms with E-state index in [2.05, 4.69) is 21.7 Å². The molecule has 1 aliphatic rings. The molecule has 0 aromatic carbocycles. The minimum absolute atomic E-state index is 0.249. The Morgan fingerprint density at radius 1 is 1.35 bits per heavy atom. The second-order valence-corrected chi connectivity index (χ2v) is 6.88. The van der Waals surface area contributed by atoms with Crippen LogP contribution in [0.4, 0.5) is 0 Å². The monoisotopic (exact) mass is 296 g/mol. The van der Waals surface area contributed by atoms with Gasteiger partial charge in [0.25, 0.3) is 0 Å². The molecule has 1 fully saturated rings. The number of rotatable bonds is 5. The molecule has 2 heterocycles. The molecule has 0 saturated carbocycles. The number of nitrogens with zero attached hydrogens (tertiary/aromatic N) is 2. The van der Waals surface area contributed by atoms with Crippen molar-refractivity contribution in [3.05, 3.63) is 22.4 Å². The van der Waals surface area contributed by atoms with Crippen LogP contribution in [0.3, 0.4) is 0 Å². The summed E-state index contributed by atoms with van der Waals surface area (Å²) in [4.78, 5) is 16.3. The van der Waals surface area contributed by atoms with Gasteiger partial charge >= 0.3 is 0 Å². The van der Waals surface area contributed by atoms with Crippen LogP contribution in [0.5, 0.6) is 0 Å². The first-order chi connectivity index (χ1) is 9.44. The van der Waals surface area contributed by atoms with Crippen LogP contribution in [0, 0.1) is 0 Å². The maximum absolute atomic E-state index is 12.1. The van der Waals surface area contributed by atoms with Gasteiger partial charge in [-0.25, -0.2) is 0 Å². The minimum Gasteiger partial charge on any atom is -0.389 e. The average molecular weight is 296 g/mol. The highest BCUT2D eigenvalue weighted by atomic mass is 32.1. The van der Waals surface area contributed by atoms with Crippen molar-refractivity contribution < 1.29 is 9.90 Å². The van der Waals surface area contributed by atoms with E-state index in [0.29, 0.717) is 13.0 Å². The number of hydrogen-bond acceptors (Lipinski definition) is 4. The van der Waals surface area contributed by atoms with E-state index in [1.807, 2.05) is 18.7 Å². The lowest BCUT2D eigenvalue weighted by molar-refractivity contribution is -0.133. The van der Waals surface area contributed by atoms with Crippen LogP contribution in [0.1, 0.15) is 25.8 Å². The van der Waals surface area contributed by atoms with Crippen molar-refractivity contribution in [2.75, 3.05) is 32.7 Å². The van der Waals surface area contributed by atoms with Gasteiger partial charge in [-0.2, -0.15) is 11.3 Å². The SMILES string of the molecule is CC(C)(O)CN1CCN(C(=O)CCc2ccsc2)CC1. The van der Waals surface area contributed by atoms with E-state index >= 15 is 0 Å². The Hall–Kier alpha value is -0.910. The summed E-state index contributed by atoms with van der Waals surface area (Å²) in [6.45, 7) is 7.58. The van der Waals surface area contributed by atoms with Gasteiger partial charge in [0.15, 0.2) is 0 Å². The summed E-state index contributed by atoms with van der Waals surface area (Å²) in [6.07, 6.45) is 1.44. The molecule has 1 aliphatic heterocycles. The number of amides is 1. The predicted molar refractivity (Wildman–Crippen MR) is 82.0 cm³/mol. The van der Waals surface area contributed by atoms with Crippen LogP contribution in [-0.2, 0) is 11.2 Å². The fraction of sp³-hybridized carbons (Fsp3) is 0.667. The normalized spacial score (nSPS) is 17.4. The lowest BCUT2D eigenvalue weighted by Crippen LogP contribution is -2.52. The highest BCUT2D eigenvalue weighted by Gasteiger charge is 2.24. The quantitative estimate of drug-likeness (QED) is 0.897. The third-order valence-electron chi connectivity index (χ3n) is 3.54. The highest BCUT2D eigenvalue weighted by Crippen LogP contribution is 2.12. The van der Waals surface area contributed by atoms with Gasteiger partial charge in [-0.3, -0.25) is 9.69 Å². The Morgan fingerprint density at radius 3 is 2.60 bits per heavy atom. The standard InChI is InChI=1S/C15H24N2O2S/c1-15(2,19)12-16-6-8-17(9-7-16)14(18)4-3-13-5-10-20-11-13/h5,10-11,19H,3-4,6-9,12H2,1-2H3. The Balaban J connectivity index is 1.71. The van der Waals surface area contributed by atoms with Crippen LogP contribution in [0.25, 0.3) is 0 Å². The average Bonchev–Trinajstić information content (AvgIpc) is 2.88. The molecule has 1 aromatic rings. The van der Waals surface area contributed by atoms with Crippen molar-refractivity contribution in [2.24, 2.45) is 0 Å². The van der Waals surface area contributed by atoms with Crippen molar-refractivity contribution in [3.8, 4) is 0 Å². The summed E-state index contributed by atoms with van der Waals surface area (Å²) in [5, 5.41) is 14.0. The molecule has 1 saturated heterocycles. The molecule has 0 bridgehead atoms. The molecule has 0 atom stereocenters. The number of thiophene rings is 1. The molecule has 4 nitrogen and oxygen atoms in total. The van der Waals surface area contributed by atoms with E-state index in [9.17, 15) is 9.90 Å². The number of piperazine rings is 1. The fourth-order valence-corrected chi connectivity index (χ4v) is 3.25. The molecule has 1 aromatic heterocycles. The molecular weight excluding hydrogens is 272 g/mol. The zero-order chi connectivity index (χ0) is 14.6. The molecule has 0 aliphatic carbocycles. The molecule has 1 amide bonds. The van der Waals surface area contributed by atoms with E-state index in [4.69, 9.17) is 0 Å². The smallest absolute Gasteiger partial charge is 0.222 e. The van der Waals surface area contributed by atoms with Crippen LogP contribution < -0.4 is 0 Å². The number of hydrogen-bond donors (Lipinski definition) is 1. The maximum Gasteiger partial charge on any atom is 0.222 e. The van der Waals surface area contributed by atoms with E-state index in [-0.39, 0.29) is 5.91 Å². The lowest BCUT2D eigenvalue weighted by Gasteiger charge is -2.37. The Kier molecular flexibility index (Phi) is 5.18. The topological polar surface area (TPSA) is 43.8 Å². The second kappa shape index (κ2) is 6.70. The van der Waals surface area contributed by atoms with Crippen molar-refractivity contribution in [1.82, 2.24) is 9.80 Å². The van der Waals surface area contributed by atoms with Crippen LogP contribution in [0.15, 0.2) is 16.8 Å². The molecule has 0 spiro atoms. The van der Waals surface area contributed by atoms with Gasteiger partial charge < -0.3 is 10.0 Å². The summed E-state index contributed by atoms with van der Waals surface area (Å²) in [5.41, 5.74) is 0.592. The van der Waals surface area contributed by atoms with Crippen molar-refractivity contribution in [3.63, 3.8) is 0 Å². The number of aliphatic hydroxyl groups is 1. The van der Waals surface area contributed by atoms with E-state index in [1.54, 1.807) is 11.3 Å². The van der Waals surface area contributed by atoms with Gasteiger partial charge in [0.1, 0.15) is 0 Å². The first kappa shape index (κ1) is 15.5. The van der Waals surface area contributed by atoms with E-state index < -0.39 is 5.60 Å². The maximum atomic E-state index is 12.1. The van der Waals surface area contributed by atoms with E-state index in [0.717, 1.165) is 32.6 Å². The molecule has 20 heavy (non-hydrogen) atoms. The molecule has 5 heteroatoms. The zero-order valence-corrected chi connectivity index (χ0v) is 13.2. The summed E-state index contributed by atoms with van der Waals surface area (Å²) in [6, 6.07) is 2.08. The highest BCUT2D eigenvalue weighted by molar-refractivity contribution is 7.07. The summed E-state index contributed by atoms with van der Waals surface area (Å²) in [7, 11) is 0. The summed E-state index contributed by atoms with van der Waals surface area (Å²) >= 11 is 1.68. The van der Waals surface area contributed by atoms with Crippen LogP contribution >= 0.6 is 11.3 Å². The molecule has 0 unspecified atom stereocenters. The fourth-order valence-electron chi connectivity index (χ4n) is 2.55. The molecule has 0 radical (unpaired) electrons. The number of carbonyl (C=O) groups is 1. The Bertz CT molecular complexity index is 418. The molecule has 1 N–H and O–H groups in total. The molecule has 112 valence electrons. The number of β-amino-alcohol motifs (C(OH)–C–C–N with tert-alkyl or cyclic N) is 1. The van der Waals surface area contributed by atoms with Crippen molar-refractivity contribution in [2.45, 2.75) is 32.3 Å². The number of carbonyl (C=O) groups excluding carboxylic acids is 1. The van der Waals surface area contributed by atoms with Gasteiger partial charge in [0.2, 0.25) is 5.91 Å². The van der Waals surface area contributed by atoms with Gasteiger partial charge in [-0.05, 0) is 42.7 Å². The van der Waals surface area contributed by atoms with Gasteiger partial charge in [0, 0.05) is 39.1 Å². The predicted octanol–water partition coefficient (Wildman–Crippen LogP) is 1.60. The van der Waals surface area contributed by atoms with Gasteiger partial charge in [-0.15, -0.1) is 0 Å². The molecular formula is C15H24N2O2S. The van der Waals surface area contributed by atoms with E-state index in [1.165, 1.54) is 5.56 Å². The Morgan fingerprint density at radius 2 is 2.05 bits per heavy atom. The van der Waals surface area contributed by atoms with Crippen molar-refractivity contribution >= 4 is 17.2 Å². The Labute approximate surface area is 125 Å². The molecule has 2 rings (SSSR count). The van der Waals surface area contributed by atoms with Crippen LogP contribution in [-0.4, -0.2) is 59.1 Å². The lowest BCUT2D eigenvalue weighted by atomic mass is 10.1. The largest absolute Gasteiger partial charge is 0.389 e. The van der Waals surface area contributed by atoms with Gasteiger partial charge in [-0.1, -0.05) is 0 Å². The van der Waals surface area contributed by atoms with Gasteiger partial charge in [0.05, 0.1) is 5.60 Å². The summed E-state index contributed by atoms with van der Waals surface area (Å²) in [5.74, 6) is 0.249. The first-order valence-electron chi connectivity index (χ1n) is 7.18. The van der Waals surface area contributed by atoms with Crippen molar-refractivity contribution in [1.29, 1.82) is 0 Å². The number of aryl methyl sites for hydroxylation is 1. The third kappa shape index (κ3) is 4.89. The zero-order valence-electron chi connectivity index (χ0n) is 12.3. The minimum atomic E-state index is -0.662. The van der Waals surface area contributed by atoms with Crippen LogP contribution in [0.2, 0.25) is 0 Å². The summed E-state index contributed by atoms with van der Waals surface area (Å²) < 4.78 is 0. The third-order valence-corrected chi connectivity index (χ3v) is 4.28. The first-order valence-corrected chi connectivity index (χ1v) is 8.12. The second-order valence-electron chi connectivity index (χ2n) is 6.10.